The number of unbranched alkanes of at least 4 members (excludes halogenated alkanes) is 1. The Balaban J connectivity index is 1.76. The van der Waals surface area contributed by atoms with Gasteiger partial charge in [0.25, 0.3) is 0 Å². The summed E-state index contributed by atoms with van der Waals surface area (Å²) in [4.78, 5) is 0. The SMILES string of the molecule is CCCCc1ccc(C(F)(F)Oc2ccc(C(F)(F)Oc3cc(F)c(C(F)(F)F)c(F)c3)cc2)c(F)c1. The summed E-state index contributed by atoms with van der Waals surface area (Å²) in [7, 11) is 0. The molecule has 37 heavy (non-hydrogen) atoms. The van der Waals surface area contributed by atoms with Gasteiger partial charge in [-0.25, -0.2) is 13.2 Å². The molecular weight excluding hydrogens is 522 g/mol. The fourth-order valence-electron chi connectivity index (χ4n) is 3.34. The predicted molar refractivity (Wildman–Crippen MR) is 112 cm³/mol. The molecule has 0 spiro atoms. The van der Waals surface area contributed by atoms with Crippen LogP contribution in [0.3, 0.4) is 0 Å². The van der Waals surface area contributed by atoms with Gasteiger partial charge in [-0.15, -0.1) is 0 Å². The predicted octanol–water partition coefficient (Wildman–Crippen LogP) is 8.72. The summed E-state index contributed by atoms with van der Waals surface area (Å²) < 4.78 is 146. The monoisotopic (exact) mass is 540 g/mol. The minimum atomic E-state index is -5.41. The van der Waals surface area contributed by atoms with Gasteiger partial charge >= 0.3 is 18.4 Å². The molecule has 0 amide bonds. The van der Waals surface area contributed by atoms with Crippen LogP contribution in [0.5, 0.6) is 11.5 Å². The van der Waals surface area contributed by atoms with Crippen LogP contribution >= 0.6 is 0 Å². The summed E-state index contributed by atoms with van der Waals surface area (Å²) >= 11 is 0. The molecule has 0 aliphatic heterocycles. The normalized spacial score (nSPS) is 12.5. The van der Waals surface area contributed by atoms with Gasteiger partial charge in [0.1, 0.15) is 34.5 Å². The van der Waals surface area contributed by atoms with Gasteiger partial charge in [-0.05, 0) is 54.8 Å². The summed E-state index contributed by atoms with van der Waals surface area (Å²) in [6, 6.07) is 5.51. The van der Waals surface area contributed by atoms with Gasteiger partial charge in [-0.2, -0.15) is 30.7 Å². The zero-order chi connectivity index (χ0) is 27.6. The highest BCUT2D eigenvalue weighted by Crippen LogP contribution is 2.39. The van der Waals surface area contributed by atoms with E-state index < -0.39 is 64.0 Å². The van der Waals surface area contributed by atoms with Crippen LogP contribution in [-0.4, -0.2) is 0 Å². The van der Waals surface area contributed by atoms with Crippen LogP contribution in [0.4, 0.5) is 43.9 Å². The molecule has 3 rings (SSSR count). The number of alkyl halides is 7. The first-order valence-corrected chi connectivity index (χ1v) is 10.7. The zero-order valence-electron chi connectivity index (χ0n) is 18.9. The molecule has 0 unspecified atom stereocenters. The minimum Gasteiger partial charge on any atom is -0.429 e. The maximum atomic E-state index is 14.5. The Hall–Kier alpha value is -3.44. The van der Waals surface area contributed by atoms with Gasteiger partial charge in [0.15, 0.2) is 0 Å². The van der Waals surface area contributed by atoms with E-state index in [0.717, 1.165) is 25.0 Å². The number of ether oxygens (including phenoxy) is 2. The molecule has 3 aromatic carbocycles. The number of aryl methyl sites for hydroxylation is 1. The van der Waals surface area contributed by atoms with Crippen LogP contribution in [0.1, 0.15) is 42.0 Å². The Morgan fingerprint density at radius 2 is 1.22 bits per heavy atom. The second kappa shape index (κ2) is 10.5. The molecule has 12 heteroatoms. The van der Waals surface area contributed by atoms with E-state index >= 15 is 0 Å². The number of hydrogen-bond donors (Lipinski definition) is 0. The van der Waals surface area contributed by atoms with Crippen molar-refractivity contribution in [2.24, 2.45) is 0 Å². The molecule has 0 heterocycles. The number of hydrogen-bond acceptors (Lipinski definition) is 2. The molecule has 0 atom stereocenters. The van der Waals surface area contributed by atoms with Crippen molar-refractivity contribution in [1.29, 1.82) is 0 Å². The maximum Gasteiger partial charge on any atom is 0.429 e. The summed E-state index contributed by atoms with van der Waals surface area (Å²) in [5.41, 5.74) is -3.84. The largest absolute Gasteiger partial charge is 0.429 e. The van der Waals surface area contributed by atoms with Crippen LogP contribution in [0.25, 0.3) is 0 Å². The van der Waals surface area contributed by atoms with Crippen molar-refractivity contribution in [2.45, 2.75) is 44.6 Å². The quantitative estimate of drug-likeness (QED) is 0.253. The Bertz CT molecular complexity index is 1210. The highest BCUT2D eigenvalue weighted by molar-refractivity contribution is 5.35. The molecule has 0 fully saturated rings. The molecule has 2 nitrogen and oxygen atoms in total. The molecule has 0 N–H and O–H groups in total. The smallest absolute Gasteiger partial charge is 0.429 e. The van der Waals surface area contributed by atoms with Gasteiger partial charge < -0.3 is 9.47 Å². The van der Waals surface area contributed by atoms with E-state index in [1.165, 1.54) is 6.07 Å². The van der Waals surface area contributed by atoms with E-state index in [-0.39, 0.29) is 12.1 Å². The highest BCUT2D eigenvalue weighted by atomic mass is 19.4. The third kappa shape index (κ3) is 6.66. The van der Waals surface area contributed by atoms with E-state index in [9.17, 15) is 43.9 Å². The summed E-state index contributed by atoms with van der Waals surface area (Å²) in [5.74, 6) is -7.45. The van der Waals surface area contributed by atoms with Gasteiger partial charge in [0.2, 0.25) is 0 Å². The lowest BCUT2D eigenvalue weighted by Gasteiger charge is -2.21. The van der Waals surface area contributed by atoms with E-state index in [4.69, 9.17) is 0 Å². The Labute approximate surface area is 204 Å². The fraction of sp³-hybridized carbons (Fsp3) is 0.280. The molecule has 3 aromatic rings. The van der Waals surface area contributed by atoms with E-state index in [1.54, 1.807) is 0 Å². The van der Waals surface area contributed by atoms with Gasteiger partial charge in [0, 0.05) is 12.1 Å². The number of halogens is 10. The lowest BCUT2D eigenvalue weighted by atomic mass is 10.1. The standard InChI is InChI=1S/C25H18F10O2/c1-2-3-4-14-5-10-18(19(26)11-14)25(34,35)36-16-8-6-15(7-9-16)24(32,33)37-17-12-20(27)22(21(28)13-17)23(29,30)31/h5-13H,2-4H2,1H3. The third-order valence-corrected chi connectivity index (χ3v) is 5.15. The van der Waals surface area contributed by atoms with E-state index in [2.05, 4.69) is 9.47 Å². The molecule has 0 saturated carbocycles. The number of rotatable bonds is 9. The molecule has 0 saturated heterocycles. The molecule has 0 aliphatic carbocycles. The van der Waals surface area contributed by atoms with E-state index in [0.29, 0.717) is 36.2 Å². The van der Waals surface area contributed by atoms with Crippen molar-refractivity contribution >= 4 is 0 Å². The Morgan fingerprint density at radius 1 is 0.649 bits per heavy atom. The molecule has 200 valence electrons. The molecule has 0 radical (unpaired) electrons. The van der Waals surface area contributed by atoms with Crippen LogP contribution in [0.2, 0.25) is 0 Å². The first-order valence-electron chi connectivity index (χ1n) is 10.7. The average Bonchev–Trinajstić information content (AvgIpc) is 2.75. The van der Waals surface area contributed by atoms with Crippen LogP contribution in [-0.2, 0) is 24.8 Å². The van der Waals surface area contributed by atoms with Crippen LogP contribution < -0.4 is 9.47 Å². The molecular formula is C25H18F10O2. The van der Waals surface area contributed by atoms with Crippen LogP contribution in [0, 0.1) is 17.5 Å². The van der Waals surface area contributed by atoms with Crippen molar-refractivity contribution in [1.82, 2.24) is 0 Å². The fourth-order valence-corrected chi connectivity index (χ4v) is 3.34. The van der Waals surface area contributed by atoms with Crippen molar-refractivity contribution in [3.63, 3.8) is 0 Å². The van der Waals surface area contributed by atoms with E-state index in [1.807, 2.05) is 6.92 Å². The molecule has 0 bridgehead atoms. The van der Waals surface area contributed by atoms with Gasteiger partial charge in [-0.3, -0.25) is 0 Å². The topological polar surface area (TPSA) is 18.5 Å². The summed E-state index contributed by atoms with van der Waals surface area (Å²) in [5, 5.41) is 0. The number of benzene rings is 3. The maximum absolute atomic E-state index is 14.5. The van der Waals surface area contributed by atoms with Crippen LogP contribution in [0.15, 0.2) is 54.6 Å². The second-order valence-corrected chi connectivity index (χ2v) is 7.94. The van der Waals surface area contributed by atoms with Crippen molar-refractivity contribution in [2.75, 3.05) is 0 Å². The Morgan fingerprint density at radius 3 is 1.73 bits per heavy atom. The first kappa shape index (κ1) is 28.1. The van der Waals surface area contributed by atoms with Crippen molar-refractivity contribution in [3.8, 4) is 11.5 Å². The average molecular weight is 540 g/mol. The van der Waals surface area contributed by atoms with Crippen molar-refractivity contribution in [3.05, 3.63) is 94.3 Å². The second-order valence-electron chi connectivity index (χ2n) is 7.94. The lowest BCUT2D eigenvalue weighted by Crippen LogP contribution is -2.24. The molecule has 0 aliphatic rings. The molecule has 0 aromatic heterocycles. The minimum absolute atomic E-state index is 0.0695. The van der Waals surface area contributed by atoms with Crippen molar-refractivity contribution < 1.29 is 53.4 Å². The zero-order valence-corrected chi connectivity index (χ0v) is 18.9. The lowest BCUT2D eigenvalue weighted by molar-refractivity contribution is -0.188. The third-order valence-electron chi connectivity index (χ3n) is 5.15. The highest BCUT2D eigenvalue weighted by Gasteiger charge is 2.41. The Kier molecular flexibility index (Phi) is 7.99. The first-order chi connectivity index (χ1) is 17.1. The van der Waals surface area contributed by atoms with Gasteiger partial charge in [0.05, 0.1) is 11.1 Å². The summed E-state index contributed by atoms with van der Waals surface area (Å²) in [6.07, 6.45) is -11.9. The van der Waals surface area contributed by atoms with Gasteiger partial charge in [-0.1, -0.05) is 19.4 Å². The summed E-state index contributed by atoms with van der Waals surface area (Å²) in [6.45, 7) is 1.91.